The summed E-state index contributed by atoms with van der Waals surface area (Å²) >= 11 is -9.69. The fourth-order valence-electron chi connectivity index (χ4n) is 1.20. The molecule has 29 heavy (non-hydrogen) atoms. The zero-order valence-corrected chi connectivity index (χ0v) is 15.8. The van der Waals surface area contributed by atoms with Gasteiger partial charge in [0.25, 0.3) is 0 Å². The van der Waals surface area contributed by atoms with Gasteiger partial charge in [-0.3, -0.25) is 0 Å². The van der Waals surface area contributed by atoms with Gasteiger partial charge >= 0.3 is 157 Å². The Morgan fingerprint density at radius 1 is 0.345 bits per heavy atom. The Morgan fingerprint density at radius 3 is 0.655 bits per heavy atom. The van der Waals surface area contributed by atoms with Gasteiger partial charge in [0.05, 0.1) is 0 Å². The van der Waals surface area contributed by atoms with E-state index in [0.717, 1.165) is 0 Å². The van der Waals surface area contributed by atoms with Crippen molar-refractivity contribution in [1.82, 2.24) is 0 Å². The summed E-state index contributed by atoms with van der Waals surface area (Å²) in [5, 5.41) is 0. The van der Waals surface area contributed by atoms with Gasteiger partial charge in [-0.25, -0.2) is 0 Å². The first kappa shape index (κ1) is 29.1. The molecule has 0 aliphatic rings. The first-order valence-electron chi connectivity index (χ1n) is 5.62. The van der Waals surface area contributed by atoms with Crippen LogP contribution in [0.1, 0.15) is 0 Å². The van der Waals surface area contributed by atoms with Gasteiger partial charge in [-0.15, -0.1) is 0 Å². The fourth-order valence-corrected chi connectivity index (χ4v) is 7.29. The van der Waals surface area contributed by atoms with Crippen LogP contribution in [0.2, 0.25) is 0 Å². The van der Waals surface area contributed by atoms with Crippen molar-refractivity contribution < 1.29 is 79.0 Å². The number of hydrogen-bond donors (Lipinski definition) is 0. The van der Waals surface area contributed by atoms with Crippen LogP contribution in [0.15, 0.2) is 0 Å². The Labute approximate surface area is 157 Å². The molecule has 0 fully saturated rings. The van der Waals surface area contributed by atoms with Crippen LogP contribution in [-0.4, -0.2) is 59.9 Å². The maximum absolute atomic E-state index is 13.5. The average molecular weight is 637 g/mol. The number of halogens is 20. The summed E-state index contributed by atoms with van der Waals surface area (Å²) in [7, 11) is 7.79. The predicted molar refractivity (Wildman–Crippen MR) is 59.3 cm³/mol. The SMILES string of the molecule is FC(F)(F)C(F)(F)C(F)(F)C(F)(F)[Te](Cl)(Cl)C(F)(F)C(F)(F)C(F)(F)C(F)(F)F. The van der Waals surface area contributed by atoms with Crippen molar-refractivity contribution in [3.8, 4) is 0 Å². The second-order valence-corrected chi connectivity index (χ2v) is 17.7. The van der Waals surface area contributed by atoms with Crippen LogP contribution >= 0.6 is 17.9 Å². The van der Waals surface area contributed by atoms with Crippen molar-refractivity contribution in [3.05, 3.63) is 0 Å². The predicted octanol–water partition coefficient (Wildman–Crippen LogP) is 6.92. The topological polar surface area (TPSA) is 0 Å². The summed E-state index contributed by atoms with van der Waals surface area (Å²) in [4.78, 5) is 0. The van der Waals surface area contributed by atoms with Gasteiger partial charge in [-0.1, -0.05) is 0 Å². The molecule has 0 atom stereocenters. The van der Waals surface area contributed by atoms with E-state index in [2.05, 4.69) is 17.9 Å². The minimum atomic E-state index is -9.69. The molecule has 21 heteroatoms. The molecule has 0 aromatic carbocycles. The summed E-state index contributed by atoms with van der Waals surface area (Å²) in [6.07, 6.45) is -15.4. The number of alkyl halides is 18. The van der Waals surface area contributed by atoms with E-state index in [1.807, 2.05) is 0 Å². The standard InChI is InChI=1S/C8Cl2F18Te/c9-29(10,7(25,26)3(15,16)1(11,12)5(19,20)21)8(27,28)4(17,18)2(13,14)6(22,23)24. The Balaban J connectivity index is 6.82. The normalized spacial score (nSPS) is 17.5. The Bertz CT molecular complexity index is 562. The molecule has 0 aliphatic carbocycles. The van der Waals surface area contributed by atoms with Crippen molar-refractivity contribution in [2.24, 2.45) is 0 Å². The fraction of sp³-hybridized carbons (Fsp3) is 1.00. The molecule has 0 nitrogen and oxygen atoms in total. The Kier molecular flexibility index (Phi) is 7.08. The third kappa shape index (κ3) is 3.69. The van der Waals surface area contributed by atoms with Gasteiger partial charge in [-0.2, -0.15) is 0 Å². The third-order valence-electron chi connectivity index (χ3n) is 2.88. The molecule has 0 radical (unpaired) electrons. The van der Waals surface area contributed by atoms with Gasteiger partial charge in [-0.05, 0) is 0 Å². The molecular weight excluding hydrogens is 637 g/mol. The van der Waals surface area contributed by atoms with Crippen molar-refractivity contribution >= 4 is 33.9 Å². The first-order chi connectivity index (χ1) is 12.0. The van der Waals surface area contributed by atoms with Crippen LogP contribution in [-0.2, 0) is 0 Å². The molecule has 0 aliphatic heterocycles. The van der Waals surface area contributed by atoms with Crippen molar-refractivity contribution in [2.45, 2.75) is 44.0 Å². The molecule has 0 amide bonds. The quantitative estimate of drug-likeness (QED) is 0.220. The van der Waals surface area contributed by atoms with E-state index >= 15 is 0 Å². The monoisotopic (exact) mass is 638 g/mol. The summed E-state index contributed by atoms with van der Waals surface area (Å²) in [5.74, 6) is -32.4. The Morgan fingerprint density at radius 2 is 0.517 bits per heavy atom. The van der Waals surface area contributed by atoms with E-state index in [0.29, 0.717) is 0 Å². The molecular formula is C8Cl2F18Te. The maximum atomic E-state index is 13.5. The molecule has 0 saturated heterocycles. The zero-order chi connectivity index (χ0) is 24.5. The summed E-state index contributed by atoms with van der Waals surface area (Å²) in [6.45, 7) is 0. The third-order valence-corrected chi connectivity index (χ3v) is 13.2. The van der Waals surface area contributed by atoms with E-state index in [4.69, 9.17) is 0 Å². The van der Waals surface area contributed by atoms with Crippen LogP contribution in [0, 0.1) is 0 Å². The van der Waals surface area contributed by atoms with Crippen LogP contribution in [0.25, 0.3) is 0 Å². The molecule has 0 unspecified atom stereocenters. The van der Waals surface area contributed by atoms with Gasteiger partial charge in [0.2, 0.25) is 0 Å². The molecule has 0 N–H and O–H groups in total. The van der Waals surface area contributed by atoms with Crippen molar-refractivity contribution in [2.75, 3.05) is 0 Å². The second-order valence-electron chi connectivity index (χ2n) is 4.80. The molecule has 0 heterocycles. The number of hydrogen-bond acceptors (Lipinski definition) is 0. The second kappa shape index (κ2) is 7.06. The summed E-state index contributed by atoms with van der Waals surface area (Å²) in [6, 6.07) is 0. The van der Waals surface area contributed by atoms with Gasteiger partial charge in [0.1, 0.15) is 0 Å². The summed E-state index contributed by atoms with van der Waals surface area (Å²) in [5.41, 5.74) is 0. The Hall–Kier alpha value is 0.110. The number of rotatable bonds is 6. The van der Waals surface area contributed by atoms with E-state index in [1.54, 1.807) is 0 Å². The van der Waals surface area contributed by atoms with Crippen LogP contribution in [0.4, 0.5) is 79.0 Å². The van der Waals surface area contributed by atoms with Gasteiger partial charge in [0.15, 0.2) is 0 Å². The molecule has 0 rings (SSSR count). The van der Waals surface area contributed by atoms with Crippen LogP contribution < -0.4 is 0 Å². The molecule has 0 spiro atoms. The van der Waals surface area contributed by atoms with Crippen LogP contribution in [0.3, 0.4) is 0 Å². The zero-order valence-electron chi connectivity index (χ0n) is 12.0. The molecule has 0 saturated carbocycles. The molecule has 0 bridgehead atoms. The van der Waals surface area contributed by atoms with Crippen molar-refractivity contribution in [3.63, 3.8) is 0 Å². The minimum absolute atomic E-state index is 3.89. The first-order valence-corrected chi connectivity index (χ1v) is 13.9. The van der Waals surface area contributed by atoms with Gasteiger partial charge in [0, 0.05) is 0 Å². The van der Waals surface area contributed by atoms with Crippen LogP contribution in [0.5, 0.6) is 0 Å². The van der Waals surface area contributed by atoms with E-state index in [1.165, 1.54) is 0 Å². The van der Waals surface area contributed by atoms with E-state index in [9.17, 15) is 79.0 Å². The van der Waals surface area contributed by atoms with Crippen molar-refractivity contribution in [1.29, 1.82) is 0 Å². The van der Waals surface area contributed by atoms with E-state index < -0.39 is 59.9 Å². The summed E-state index contributed by atoms with van der Waals surface area (Å²) < 4.78 is 212. The molecule has 0 aromatic rings. The van der Waals surface area contributed by atoms with E-state index in [-0.39, 0.29) is 0 Å². The van der Waals surface area contributed by atoms with Gasteiger partial charge < -0.3 is 0 Å². The molecule has 178 valence electrons. The average Bonchev–Trinajstić information content (AvgIpc) is 2.43. The molecule has 0 aromatic heterocycles.